The van der Waals surface area contributed by atoms with Crippen molar-refractivity contribution in [1.82, 2.24) is 9.88 Å². The molecule has 1 aliphatic heterocycles. The smallest absolute Gasteiger partial charge is 0.129 e. The Balaban J connectivity index is 1.85. The van der Waals surface area contributed by atoms with Crippen LogP contribution in [0.4, 0.5) is 0 Å². The third-order valence-electron chi connectivity index (χ3n) is 3.66. The lowest BCUT2D eigenvalue weighted by Gasteiger charge is -2.28. The summed E-state index contributed by atoms with van der Waals surface area (Å²) in [5, 5.41) is 0.628. The average molecular weight is 253 g/mol. The maximum atomic E-state index is 5.97. The zero-order chi connectivity index (χ0) is 12.3. The number of likely N-dealkylation sites (tertiary alicyclic amines) is 1. The second-order valence-electron chi connectivity index (χ2n) is 5.22. The lowest BCUT2D eigenvalue weighted by molar-refractivity contribution is 0.212. The molecule has 0 bridgehead atoms. The molecule has 1 fully saturated rings. The van der Waals surface area contributed by atoms with Gasteiger partial charge in [-0.3, -0.25) is 0 Å². The van der Waals surface area contributed by atoms with Gasteiger partial charge < -0.3 is 4.90 Å². The molecule has 0 N–H and O–H groups in total. The topological polar surface area (TPSA) is 16.1 Å². The first-order valence-electron chi connectivity index (χ1n) is 6.45. The van der Waals surface area contributed by atoms with Gasteiger partial charge in [-0.25, -0.2) is 4.98 Å². The molecular formula is C14H21ClN2. The van der Waals surface area contributed by atoms with Gasteiger partial charge in [0.05, 0.1) is 0 Å². The molecule has 2 rings (SSSR count). The Hall–Kier alpha value is -0.600. The van der Waals surface area contributed by atoms with E-state index in [4.69, 9.17) is 11.6 Å². The molecule has 0 spiro atoms. The van der Waals surface area contributed by atoms with Gasteiger partial charge in [-0.05, 0) is 76.4 Å². The first-order chi connectivity index (χ1) is 8.13. The molecule has 0 atom stereocenters. The van der Waals surface area contributed by atoms with Gasteiger partial charge in [-0.2, -0.15) is 0 Å². The fourth-order valence-corrected chi connectivity index (χ4v) is 2.84. The average Bonchev–Trinajstić information content (AvgIpc) is 2.27. The minimum absolute atomic E-state index is 0.628. The molecule has 0 amide bonds. The summed E-state index contributed by atoms with van der Waals surface area (Å²) < 4.78 is 0. The van der Waals surface area contributed by atoms with E-state index in [1.54, 1.807) is 0 Å². The van der Waals surface area contributed by atoms with Gasteiger partial charge in [0.1, 0.15) is 5.15 Å². The van der Waals surface area contributed by atoms with E-state index < -0.39 is 0 Å². The molecule has 1 aromatic rings. The highest BCUT2D eigenvalue weighted by Gasteiger charge is 2.16. The van der Waals surface area contributed by atoms with Crippen LogP contribution < -0.4 is 0 Å². The van der Waals surface area contributed by atoms with Crippen LogP contribution in [0.15, 0.2) is 12.1 Å². The second-order valence-corrected chi connectivity index (χ2v) is 5.61. The molecule has 17 heavy (non-hydrogen) atoms. The number of aromatic nitrogens is 1. The van der Waals surface area contributed by atoms with E-state index in [2.05, 4.69) is 23.0 Å². The van der Waals surface area contributed by atoms with Crippen molar-refractivity contribution in [2.75, 3.05) is 20.1 Å². The lowest BCUT2D eigenvalue weighted by atomic mass is 9.91. The number of halogens is 1. The van der Waals surface area contributed by atoms with Gasteiger partial charge in [0, 0.05) is 5.69 Å². The Kier molecular flexibility index (Phi) is 4.41. The van der Waals surface area contributed by atoms with Crippen LogP contribution in [-0.2, 0) is 6.42 Å². The van der Waals surface area contributed by atoms with Crippen molar-refractivity contribution < 1.29 is 0 Å². The summed E-state index contributed by atoms with van der Waals surface area (Å²) in [6.07, 6.45) is 5.10. The molecule has 2 nitrogen and oxygen atoms in total. The first kappa shape index (κ1) is 12.8. The first-order valence-corrected chi connectivity index (χ1v) is 6.83. The van der Waals surface area contributed by atoms with E-state index in [0.717, 1.165) is 18.0 Å². The zero-order valence-corrected chi connectivity index (χ0v) is 11.5. The maximum Gasteiger partial charge on any atom is 0.129 e. The van der Waals surface area contributed by atoms with E-state index in [0.29, 0.717) is 5.15 Å². The van der Waals surface area contributed by atoms with Gasteiger partial charge >= 0.3 is 0 Å². The highest BCUT2D eigenvalue weighted by molar-refractivity contribution is 6.29. The SMILES string of the molecule is Cc1cc(CCC2CCN(C)CC2)cc(Cl)n1. The van der Waals surface area contributed by atoms with Crippen LogP contribution in [0, 0.1) is 12.8 Å². The third-order valence-corrected chi connectivity index (χ3v) is 3.85. The summed E-state index contributed by atoms with van der Waals surface area (Å²) in [6, 6.07) is 4.16. The van der Waals surface area contributed by atoms with Crippen molar-refractivity contribution in [3.05, 3.63) is 28.5 Å². The van der Waals surface area contributed by atoms with E-state index in [1.165, 1.54) is 37.9 Å². The normalized spacial score (nSPS) is 18.5. The van der Waals surface area contributed by atoms with Gasteiger partial charge in [-0.1, -0.05) is 11.6 Å². The highest BCUT2D eigenvalue weighted by atomic mass is 35.5. The van der Waals surface area contributed by atoms with Crippen molar-refractivity contribution >= 4 is 11.6 Å². The summed E-state index contributed by atoms with van der Waals surface area (Å²) in [7, 11) is 2.21. The lowest BCUT2D eigenvalue weighted by Crippen LogP contribution is -2.30. The van der Waals surface area contributed by atoms with Crippen LogP contribution in [0.5, 0.6) is 0 Å². The van der Waals surface area contributed by atoms with Crippen molar-refractivity contribution in [3.8, 4) is 0 Å². The molecule has 94 valence electrons. The molecule has 0 aliphatic carbocycles. The maximum absolute atomic E-state index is 5.97. The number of aryl methyl sites for hydroxylation is 2. The summed E-state index contributed by atoms with van der Waals surface area (Å²) in [5.41, 5.74) is 2.36. The molecule has 3 heteroatoms. The largest absolute Gasteiger partial charge is 0.306 e. The predicted molar refractivity (Wildman–Crippen MR) is 72.5 cm³/mol. The molecular weight excluding hydrogens is 232 g/mol. The van der Waals surface area contributed by atoms with Gasteiger partial charge in [0.15, 0.2) is 0 Å². The van der Waals surface area contributed by atoms with Gasteiger partial charge in [-0.15, -0.1) is 0 Å². The number of hydrogen-bond donors (Lipinski definition) is 0. The molecule has 1 saturated heterocycles. The molecule has 1 aromatic heterocycles. The van der Waals surface area contributed by atoms with Gasteiger partial charge in [0.25, 0.3) is 0 Å². The predicted octanol–water partition coefficient (Wildman–Crippen LogP) is 3.32. The summed E-state index contributed by atoms with van der Waals surface area (Å²) in [6.45, 7) is 4.51. The van der Waals surface area contributed by atoms with Crippen LogP contribution in [0.2, 0.25) is 5.15 Å². The van der Waals surface area contributed by atoms with Crippen molar-refractivity contribution in [3.63, 3.8) is 0 Å². The van der Waals surface area contributed by atoms with Crippen molar-refractivity contribution in [1.29, 1.82) is 0 Å². The monoisotopic (exact) mass is 252 g/mol. The Morgan fingerprint density at radius 3 is 2.71 bits per heavy atom. The number of nitrogens with zero attached hydrogens (tertiary/aromatic N) is 2. The van der Waals surface area contributed by atoms with Gasteiger partial charge in [0.2, 0.25) is 0 Å². The fourth-order valence-electron chi connectivity index (χ4n) is 2.56. The Labute approximate surface area is 109 Å². The molecule has 0 aromatic carbocycles. The minimum Gasteiger partial charge on any atom is -0.306 e. The molecule has 0 radical (unpaired) electrons. The number of rotatable bonds is 3. The zero-order valence-electron chi connectivity index (χ0n) is 10.7. The Morgan fingerprint density at radius 2 is 2.06 bits per heavy atom. The Morgan fingerprint density at radius 1 is 1.35 bits per heavy atom. The van der Waals surface area contributed by atoms with E-state index in [-0.39, 0.29) is 0 Å². The van der Waals surface area contributed by atoms with E-state index in [1.807, 2.05) is 13.0 Å². The minimum atomic E-state index is 0.628. The molecule has 0 saturated carbocycles. The Bertz CT molecular complexity index is 350. The molecule has 0 unspecified atom stereocenters. The van der Waals surface area contributed by atoms with E-state index >= 15 is 0 Å². The summed E-state index contributed by atoms with van der Waals surface area (Å²) in [4.78, 5) is 6.62. The van der Waals surface area contributed by atoms with Crippen LogP contribution in [-0.4, -0.2) is 30.0 Å². The van der Waals surface area contributed by atoms with Crippen molar-refractivity contribution in [2.24, 2.45) is 5.92 Å². The van der Waals surface area contributed by atoms with Crippen molar-refractivity contribution in [2.45, 2.75) is 32.6 Å². The van der Waals surface area contributed by atoms with Crippen LogP contribution in [0.25, 0.3) is 0 Å². The fraction of sp³-hybridized carbons (Fsp3) is 0.643. The standard InChI is InChI=1S/C14H21ClN2/c1-11-9-13(10-14(15)16-11)4-3-12-5-7-17(2)8-6-12/h9-10,12H,3-8H2,1-2H3. The number of pyridine rings is 1. The third kappa shape index (κ3) is 3.97. The summed E-state index contributed by atoms with van der Waals surface area (Å²) in [5.74, 6) is 0.887. The molecule has 2 heterocycles. The van der Waals surface area contributed by atoms with Crippen LogP contribution in [0.3, 0.4) is 0 Å². The number of hydrogen-bond acceptors (Lipinski definition) is 2. The second kappa shape index (κ2) is 5.83. The van der Waals surface area contributed by atoms with Crippen LogP contribution >= 0.6 is 11.6 Å². The quantitative estimate of drug-likeness (QED) is 0.768. The molecule has 1 aliphatic rings. The highest BCUT2D eigenvalue weighted by Crippen LogP contribution is 2.22. The van der Waals surface area contributed by atoms with E-state index in [9.17, 15) is 0 Å². The van der Waals surface area contributed by atoms with Crippen LogP contribution in [0.1, 0.15) is 30.5 Å². The number of piperidine rings is 1. The summed E-state index contributed by atoms with van der Waals surface area (Å²) >= 11 is 5.97.